The lowest BCUT2D eigenvalue weighted by atomic mass is 10.1. The van der Waals surface area contributed by atoms with Gasteiger partial charge in [0.05, 0.1) is 21.0 Å². The summed E-state index contributed by atoms with van der Waals surface area (Å²) in [6, 6.07) is 17.8. The first-order chi connectivity index (χ1) is 13.1. The number of hydrogen-bond acceptors (Lipinski definition) is 5. The average Bonchev–Trinajstić information content (AvgIpc) is 3.22. The molecule has 1 amide bonds. The van der Waals surface area contributed by atoms with Gasteiger partial charge in [-0.05, 0) is 31.2 Å². The number of nitrogens with zero attached hydrogens (tertiary/aromatic N) is 3. The van der Waals surface area contributed by atoms with Crippen molar-refractivity contribution in [2.75, 3.05) is 4.90 Å². The number of pyridine rings is 1. The van der Waals surface area contributed by atoms with Crippen molar-refractivity contribution in [1.82, 2.24) is 9.97 Å². The molecule has 2 aromatic heterocycles. The van der Waals surface area contributed by atoms with Crippen LogP contribution in [-0.4, -0.2) is 21.1 Å². The van der Waals surface area contributed by atoms with E-state index in [9.17, 15) is 4.79 Å². The van der Waals surface area contributed by atoms with Crippen LogP contribution in [0.3, 0.4) is 0 Å². The van der Waals surface area contributed by atoms with E-state index in [0.29, 0.717) is 10.3 Å². The third kappa shape index (κ3) is 2.79. The second kappa shape index (κ2) is 6.48. The first-order valence-corrected chi connectivity index (χ1v) is 10.6. The second-order valence-corrected chi connectivity index (χ2v) is 9.16. The minimum absolute atomic E-state index is 0.0493. The molecule has 1 aliphatic heterocycles. The largest absolute Gasteiger partial charge is 0.273 e. The Bertz CT molecular complexity index is 1160. The third-order valence-electron chi connectivity index (χ3n) is 4.61. The maximum atomic E-state index is 12.9. The minimum Gasteiger partial charge on any atom is -0.273 e. The predicted octanol–water partition coefficient (Wildman–Crippen LogP) is 5.67. The van der Waals surface area contributed by atoms with Gasteiger partial charge < -0.3 is 0 Å². The number of thiazole rings is 1. The van der Waals surface area contributed by atoms with Gasteiger partial charge in [-0.1, -0.05) is 53.3 Å². The zero-order valence-corrected chi connectivity index (χ0v) is 16.7. The highest BCUT2D eigenvalue weighted by molar-refractivity contribution is 8.01. The molecule has 27 heavy (non-hydrogen) atoms. The lowest BCUT2D eigenvalue weighted by Crippen LogP contribution is -2.30. The molecular formula is C20H14ClN3OS2. The molecule has 1 aliphatic rings. The molecule has 4 aromatic rings. The molecule has 1 fully saturated rings. The fourth-order valence-corrected chi connectivity index (χ4v) is 5.92. The van der Waals surface area contributed by atoms with E-state index >= 15 is 0 Å². The van der Waals surface area contributed by atoms with Gasteiger partial charge >= 0.3 is 0 Å². The molecule has 3 heterocycles. The summed E-state index contributed by atoms with van der Waals surface area (Å²) in [6.07, 6.45) is 0. The van der Waals surface area contributed by atoms with E-state index in [0.717, 1.165) is 26.7 Å². The molecule has 0 aliphatic carbocycles. The Kier molecular flexibility index (Phi) is 4.07. The summed E-state index contributed by atoms with van der Waals surface area (Å²) in [5.74, 6) is 0.0493. The molecule has 4 nitrogen and oxygen atoms in total. The second-order valence-electron chi connectivity index (χ2n) is 6.36. The van der Waals surface area contributed by atoms with Crippen LogP contribution in [0, 0.1) is 0 Å². The fourth-order valence-electron chi connectivity index (χ4n) is 3.28. The molecular weight excluding hydrogens is 398 g/mol. The number of carbonyl (C=O) groups is 1. The van der Waals surface area contributed by atoms with Crippen molar-refractivity contribution in [3.63, 3.8) is 0 Å². The van der Waals surface area contributed by atoms with E-state index < -0.39 is 0 Å². The number of anilines is 1. The zero-order valence-electron chi connectivity index (χ0n) is 14.3. The summed E-state index contributed by atoms with van der Waals surface area (Å²) in [6.45, 7) is 1.93. The van der Waals surface area contributed by atoms with Crippen LogP contribution in [0.1, 0.15) is 17.9 Å². The van der Waals surface area contributed by atoms with Crippen molar-refractivity contribution in [2.24, 2.45) is 0 Å². The maximum Gasteiger partial charge on any atom is 0.242 e. The van der Waals surface area contributed by atoms with Crippen molar-refractivity contribution in [1.29, 1.82) is 0 Å². The Balaban J connectivity index is 1.66. The number of benzene rings is 2. The van der Waals surface area contributed by atoms with Gasteiger partial charge in [-0.15, -0.1) is 11.8 Å². The first kappa shape index (κ1) is 17.0. The van der Waals surface area contributed by atoms with Gasteiger partial charge in [0.25, 0.3) is 0 Å². The smallest absolute Gasteiger partial charge is 0.242 e. The Labute approximate surface area is 169 Å². The number of amides is 1. The van der Waals surface area contributed by atoms with Crippen molar-refractivity contribution < 1.29 is 4.79 Å². The van der Waals surface area contributed by atoms with Gasteiger partial charge in [-0.25, -0.2) is 9.97 Å². The van der Waals surface area contributed by atoms with Crippen molar-refractivity contribution >= 4 is 66.9 Å². The number of hydrogen-bond donors (Lipinski definition) is 0. The van der Waals surface area contributed by atoms with Crippen LogP contribution < -0.4 is 4.90 Å². The monoisotopic (exact) mass is 411 g/mol. The zero-order chi connectivity index (χ0) is 18.5. The lowest BCUT2D eigenvalue weighted by molar-refractivity contribution is -0.117. The number of thioether (sulfide) groups is 1. The van der Waals surface area contributed by atoms with Gasteiger partial charge in [0, 0.05) is 10.9 Å². The van der Waals surface area contributed by atoms with Crippen LogP contribution in [-0.2, 0) is 4.79 Å². The summed E-state index contributed by atoms with van der Waals surface area (Å²) < 4.78 is 1.06. The quantitative estimate of drug-likeness (QED) is 0.399. The number of para-hydroxylation sites is 2. The van der Waals surface area contributed by atoms with Crippen LogP contribution in [0.15, 0.2) is 54.6 Å². The molecule has 134 valence electrons. The van der Waals surface area contributed by atoms with Crippen LogP contribution in [0.2, 0.25) is 5.15 Å². The molecule has 0 bridgehead atoms. The van der Waals surface area contributed by atoms with E-state index in [2.05, 4.69) is 4.98 Å². The van der Waals surface area contributed by atoms with Crippen LogP contribution >= 0.6 is 34.7 Å². The summed E-state index contributed by atoms with van der Waals surface area (Å²) in [5.41, 5.74) is 2.59. The lowest BCUT2D eigenvalue weighted by Gasteiger charge is -2.22. The first-order valence-electron chi connectivity index (χ1n) is 8.51. The highest BCUT2D eigenvalue weighted by Crippen LogP contribution is 2.48. The van der Waals surface area contributed by atoms with Crippen molar-refractivity contribution in [3.8, 4) is 0 Å². The van der Waals surface area contributed by atoms with Crippen LogP contribution in [0.25, 0.3) is 21.1 Å². The van der Waals surface area contributed by atoms with Gasteiger partial charge in [0.1, 0.15) is 10.5 Å². The Morgan fingerprint density at radius 3 is 2.59 bits per heavy atom. The fraction of sp³-hybridized carbons (Fsp3) is 0.150. The highest BCUT2D eigenvalue weighted by atomic mass is 35.5. The molecule has 2 aromatic carbocycles. The van der Waals surface area contributed by atoms with Gasteiger partial charge in [0.2, 0.25) is 5.91 Å². The van der Waals surface area contributed by atoms with E-state index in [1.807, 2.05) is 61.5 Å². The molecule has 1 saturated heterocycles. The molecule has 2 atom stereocenters. The SMILES string of the molecule is CC1SC(c2cc3ccccc3nc2Cl)N(c2nc3ccccc3s2)C1=O. The number of fused-ring (bicyclic) bond motifs is 2. The minimum atomic E-state index is -0.238. The standard InChI is InChI=1S/C20H14ClN3OS2/c1-11-18(25)24(20-23-15-8-4-5-9-16(15)27-20)19(26-11)13-10-12-6-2-3-7-14(12)22-17(13)21/h2-11,19H,1H3. The van der Waals surface area contributed by atoms with Gasteiger partial charge in [-0.2, -0.15) is 0 Å². The molecule has 0 radical (unpaired) electrons. The van der Waals surface area contributed by atoms with Crippen molar-refractivity contribution in [3.05, 3.63) is 65.3 Å². The Morgan fingerprint density at radius 1 is 1.04 bits per heavy atom. The predicted molar refractivity (Wildman–Crippen MR) is 114 cm³/mol. The average molecular weight is 412 g/mol. The topological polar surface area (TPSA) is 46.1 Å². The number of halogens is 1. The van der Waals surface area contributed by atoms with E-state index in [1.54, 1.807) is 16.7 Å². The summed E-state index contributed by atoms with van der Waals surface area (Å²) in [4.78, 5) is 24.0. The Hall–Kier alpha value is -2.15. The normalized spacial score (nSPS) is 20.1. The van der Waals surface area contributed by atoms with Crippen LogP contribution in [0.5, 0.6) is 0 Å². The molecule has 2 unspecified atom stereocenters. The molecule has 0 saturated carbocycles. The third-order valence-corrected chi connectivity index (χ3v) is 7.28. The van der Waals surface area contributed by atoms with Gasteiger partial charge in [-0.3, -0.25) is 9.69 Å². The van der Waals surface area contributed by atoms with E-state index in [1.165, 1.54) is 11.3 Å². The summed E-state index contributed by atoms with van der Waals surface area (Å²) in [7, 11) is 0. The number of rotatable bonds is 2. The molecule has 0 N–H and O–H groups in total. The summed E-state index contributed by atoms with van der Waals surface area (Å²) >= 11 is 9.64. The van der Waals surface area contributed by atoms with Gasteiger partial charge in [0.15, 0.2) is 5.13 Å². The molecule has 7 heteroatoms. The molecule has 0 spiro atoms. The Morgan fingerprint density at radius 2 is 1.78 bits per heavy atom. The van der Waals surface area contributed by atoms with E-state index in [4.69, 9.17) is 16.6 Å². The number of carbonyl (C=O) groups excluding carboxylic acids is 1. The van der Waals surface area contributed by atoms with E-state index in [-0.39, 0.29) is 16.5 Å². The summed E-state index contributed by atoms with van der Waals surface area (Å²) in [5, 5.41) is 1.74. The maximum absolute atomic E-state index is 12.9. The van der Waals surface area contributed by atoms with Crippen LogP contribution in [0.4, 0.5) is 5.13 Å². The highest BCUT2D eigenvalue weighted by Gasteiger charge is 2.42. The number of aromatic nitrogens is 2. The van der Waals surface area contributed by atoms with Crippen molar-refractivity contribution in [2.45, 2.75) is 17.5 Å². The molecule has 5 rings (SSSR count).